The van der Waals surface area contributed by atoms with E-state index in [-0.39, 0.29) is 28.8 Å². The molecule has 1 amide bonds. The minimum atomic E-state index is -0.520. The molecule has 0 aliphatic carbocycles. The lowest BCUT2D eigenvalue weighted by molar-refractivity contribution is -0.386. The highest BCUT2D eigenvalue weighted by Crippen LogP contribution is 2.25. The van der Waals surface area contributed by atoms with Crippen LogP contribution in [0.3, 0.4) is 0 Å². The summed E-state index contributed by atoms with van der Waals surface area (Å²) in [6.45, 7) is 3.21. The number of nitrogens with one attached hydrogen (secondary N) is 1. The second-order valence-corrected chi connectivity index (χ2v) is 7.48. The average Bonchev–Trinajstić information content (AvgIpc) is 3.10. The maximum absolute atomic E-state index is 12.3. The van der Waals surface area contributed by atoms with Crippen molar-refractivity contribution in [1.82, 2.24) is 19.6 Å². The molecule has 0 spiro atoms. The number of nitrogens with zero attached hydrogens (tertiary/aromatic N) is 5. The summed E-state index contributed by atoms with van der Waals surface area (Å²) in [5.74, 6) is -0.292. The number of aryl methyl sites for hydroxylation is 1. The molecule has 1 N–H and O–H groups in total. The van der Waals surface area contributed by atoms with Gasteiger partial charge in [0.15, 0.2) is 5.82 Å². The Hall–Kier alpha value is -2.62. The minimum Gasteiger partial charge on any atom is -0.306 e. The van der Waals surface area contributed by atoms with Crippen LogP contribution in [-0.4, -0.2) is 30.4 Å². The molecule has 12 heteroatoms. The zero-order valence-corrected chi connectivity index (χ0v) is 17.6. The Bertz CT molecular complexity index is 1110. The smallest absolute Gasteiger partial charge is 0.306 e. The van der Waals surface area contributed by atoms with Crippen LogP contribution in [0.1, 0.15) is 17.0 Å². The first-order valence-electron chi connectivity index (χ1n) is 8.31. The van der Waals surface area contributed by atoms with Gasteiger partial charge in [-0.25, -0.2) is 0 Å². The average molecular weight is 458 g/mol. The monoisotopic (exact) mass is 456 g/mol. The van der Waals surface area contributed by atoms with E-state index < -0.39 is 10.8 Å². The van der Waals surface area contributed by atoms with Crippen molar-refractivity contribution in [2.75, 3.05) is 5.32 Å². The van der Waals surface area contributed by atoms with Gasteiger partial charge in [0.05, 0.1) is 21.5 Å². The van der Waals surface area contributed by atoms with E-state index in [0.29, 0.717) is 22.3 Å². The van der Waals surface area contributed by atoms with Crippen LogP contribution in [0.5, 0.6) is 0 Å². The number of nitro groups is 1. The molecule has 0 atom stereocenters. The van der Waals surface area contributed by atoms with Gasteiger partial charge in [-0.15, -0.1) is 0 Å². The van der Waals surface area contributed by atoms with Gasteiger partial charge in [-0.2, -0.15) is 10.2 Å². The zero-order chi connectivity index (χ0) is 21.3. The second kappa shape index (κ2) is 8.40. The molecular formula is C17H15Cl3N6O3. The van der Waals surface area contributed by atoms with E-state index in [9.17, 15) is 14.9 Å². The number of carbonyl (C=O) groups is 1. The predicted octanol–water partition coefficient (Wildman–Crippen LogP) is 4.25. The summed E-state index contributed by atoms with van der Waals surface area (Å²) in [5, 5.41) is 23.1. The van der Waals surface area contributed by atoms with Gasteiger partial charge >= 0.3 is 5.69 Å². The fraction of sp³-hybridized carbons (Fsp3) is 0.235. The van der Waals surface area contributed by atoms with E-state index in [4.69, 9.17) is 34.8 Å². The molecule has 2 aromatic heterocycles. The first-order chi connectivity index (χ1) is 13.7. The Morgan fingerprint density at radius 2 is 1.90 bits per heavy atom. The van der Waals surface area contributed by atoms with Crippen LogP contribution in [0.4, 0.5) is 11.5 Å². The second-order valence-electron chi connectivity index (χ2n) is 6.25. The van der Waals surface area contributed by atoms with Crippen LogP contribution < -0.4 is 5.32 Å². The molecule has 3 aromatic rings. The highest BCUT2D eigenvalue weighted by molar-refractivity contribution is 6.42. The molecule has 0 saturated carbocycles. The fourth-order valence-corrected chi connectivity index (χ4v) is 3.32. The molecule has 0 radical (unpaired) electrons. The Kier molecular flexibility index (Phi) is 6.11. The van der Waals surface area contributed by atoms with Crippen LogP contribution in [0.15, 0.2) is 24.4 Å². The van der Waals surface area contributed by atoms with Crippen molar-refractivity contribution in [3.05, 3.63) is 66.5 Å². The van der Waals surface area contributed by atoms with Gasteiger partial charge in [0, 0.05) is 6.20 Å². The third-order valence-electron chi connectivity index (χ3n) is 4.12. The number of rotatable bonds is 6. The van der Waals surface area contributed by atoms with E-state index in [1.807, 2.05) is 0 Å². The van der Waals surface area contributed by atoms with Crippen LogP contribution >= 0.6 is 34.8 Å². The molecule has 29 heavy (non-hydrogen) atoms. The molecule has 2 heterocycles. The lowest BCUT2D eigenvalue weighted by Crippen LogP contribution is -2.21. The number of halogens is 3. The molecule has 9 nitrogen and oxygen atoms in total. The van der Waals surface area contributed by atoms with Gasteiger partial charge in [0.2, 0.25) is 5.91 Å². The molecule has 0 aliphatic heterocycles. The summed E-state index contributed by atoms with van der Waals surface area (Å²) in [5.41, 5.74) is 1.27. The highest BCUT2D eigenvalue weighted by Gasteiger charge is 2.23. The van der Waals surface area contributed by atoms with E-state index in [1.165, 1.54) is 18.5 Å². The first-order valence-corrected chi connectivity index (χ1v) is 9.44. The first kappa shape index (κ1) is 21.1. The molecule has 0 unspecified atom stereocenters. The van der Waals surface area contributed by atoms with E-state index in [0.717, 1.165) is 5.56 Å². The van der Waals surface area contributed by atoms with Crippen molar-refractivity contribution >= 4 is 52.2 Å². The number of aromatic nitrogens is 4. The minimum absolute atomic E-state index is 0.110. The lowest BCUT2D eigenvalue weighted by Gasteiger charge is -2.05. The van der Waals surface area contributed by atoms with Crippen LogP contribution in [0.2, 0.25) is 15.1 Å². The third-order valence-corrected chi connectivity index (χ3v) is 5.14. The van der Waals surface area contributed by atoms with E-state index >= 15 is 0 Å². The Morgan fingerprint density at radius 1 is 1.17 bits per heavy atom. The lowest BCUT2D eigenvalue weighted by atomic mass is 10.2. The molecule has 0 aliphatic rings. The molecule has 1 aromatic carbocycles. The summed E-state index contributed by atoms with van der Waals surface area (Å²) in [6.07, 6.45) is 1.56. The van der Waals surface area contributed by atoms with Crippen molar-refractivity contribution in [1.29, 1.82) is 0 Å². The van der Waals surface area contributed by atoms with Crippen molar-refractivity contribution in [2.24, 2.45) is 0 Å². The van der Waals surface area contributed by atoms with Gasteiger partial charge in [-0.1, -0.05) is 40.9 Å². The maximum atomic E-state index is 12.3. The Balaban J connectivity index is 1.71. The summed E-state index contributed by atoms with van der Waals surface area (Å²) in [4.78, 5) is 22.9. The topological polar surface area (TPSA) is 108 Å². The van der Waals surface area contributed by atoms with E-state index in [1.54, 1.807) is 29.1 Å². The number of hydrogen-bond donors (Lipinski definition) is 1. The van der Waals surface area contributed by atoms with Crippen LogP contribution in [0.25, 0.3) is 0 Å². The third kappa shape index (κ3) is 4.69. The van der Waals surface area contributed by atoms with Crippen LogP contribution in [0, 0.1) is 24.0 Å². The molecule has 152 valence electrons. The quantitative estimate of drug-likeness (QED) is 0.440. The predicted molar refractivity (Wildman–Crippen MR) is 110 cm³/mol. The van der Waals surface area contributed by atoms with Crippen molar-refractivity contribution in [3.63, 3.8) is 0 Å². The number of anilines is 1. The maximum Gasteiger partial charge on any atom is 0.312 e. The standard InChI is InChI=1S/C17H15Cl3N6O3/c1-9-16(26(28)29)10(2)25(22-9)8-15(27)21-17-14(20)7-24(23-17)6-11-3-4-12(18)13(19)5-11/h3-5,7H,6,8H2,1-2H3,(H,21,23,27). The Labute approximate surface area is 180 Å². The largest absolute Gasteiger partial charge is 0.312 e. The number of amides is 1. The summed E-state index contributed by atoms with van der Waals surface area (Å²) in [6, 6.07) is 5.20. The van der Waals surface area contributed by atoms with Crippen LogP contribution in [-0.2, 0) is 17.9 Å². The normalized spacial score (nSPS) is 10.9. The molecule has 0 bridgehead atoms. The van der Waals surface area contributed by atoms with Gasteiger partial charge in [-0.3, -0.25) is 24.3 Å². The number of benzene rings is 1. The van der Waals surface area contributed by atoms with Gasteiger partial charge in [-0.05, 0) is 31.5 Å². The SMILES string of the molecule is Cc1nn(CC(=O)Nc2nn(Cc3ccc(Cl)c(Cl)c3)cc2Cl)c(C)c1[N+](=O)[O-]. The highest BCUT2D eigenvalue weighted by atomic mass is 35.5. The van der Waals surface area contributed by atoms with Crippen molar-refractivity contribution in [2.45, 2.75) is 26.9 Å². The fourth-order valence-electron chi connectivity index (χ4n) is 2.80. The summed E-state index contributed by atoms with van der Waals surface area (Å²) < 4.78 is 2.81. The van der Waals surface area contributed by atoms with Gasteiger partial charge in [0.25, 0.3) is 0 Å². The van der Waals surface area contributed by atoms with Crippen molar-refractivity contribution in [3.8, 4) is 0 Å². The molecular weight excluding hydrogens is 443 g/mol. The van der Waals surface area contributed by atoms with Gasteiger partial charge < -0.3 is 5.32 Å². The number of hydrogen-bond acceptors (Lipinski definition) is 5. The van der Waals surface area contributed by atoms with E-state index in [2.05, 4.69) is 15.5 Å². The molecule has 3 rings (SSSR count). The molecule has 0 fully saturated rings. The number of carbonyl (C=O) groups excluding carboxylic acids is 1. The Morgan fingerprint density at radius 3 is 2.52 bits per heavy atom. The molecule has 0 saturated heterocycles. The zero-order valence-electron chi connectivity index (χ0n) is 15.3. The summed E-state index contributed by atoms with van der Waals surface area (Å²) >= 11 is 18.1. The summed E-state index contributed by atoms with van der Waals surface area (Å²) in [7, 11) is 0. The van der Waals surface area contributed by atoms with Gasteiger partial charge in [0.1, 0.15) is 23.0 Å². The van der Waals surface area contributed by atoms with Crippen molar-refractivity contribution < 1.29 is 9.72 Å².